The second-order valence-electron chi connectivity index (χ2n) is 5.33. The number of anilines is 1. The highest BCUT2D eigenvalue weighted by Gasteiger charge is 2.29. The van der Waals surface area contributed by atoms with Crippen LogP contribution in [0.3, 0.4) is 0 Å². The van der Waals surface area contributed by atoms with Crippen LogP contribution in [0.1, 0.15) is 11.6 Å². The lowest BCUT2D eigenvalue weighted by Crippen LogP contribution is -2.42. The lowest BCUT2D eigenvalue weighted by atomic mass is 10.0. The summed E-state index contributed by atoms with van der Waals surface area (Å²) in [5.74, 6) is 2.72. The molecule has 1 fully saturated rings. The van der Waals surface area contributed by atoms with Gasteiger partial charge in [0.2, 0.25) is 5.91 Å². The van der Waals surface area contributed by atoms with E-state index in [0.29, 0.717) is 5.82 Å². The Labute approximate surface area is 134 Å². The number of hydrogen-bond donors (Lipinski definition) is 1. The molecule has 116 valence electrons. The average Bonchev–Trinajstić information content (AvgIpc) is 2.95. The van der Waals surface area contributed by atoms with E-state index in [1.807, 2.05) is 61.4 Å². The first-order valence-corrected chi connectivity index (χ1v) is 8.57. The van der Waals surface area contributed by atoms with Crippen molar-refractivity contribution in [2.45, 2.75) is 6.04 Å². The molecule has 0 aliphatic carbocycles. The Morgan fingerprint density at radius 3 is 2.59 bits per heavy atom. The molecule has 5 nitrogen and oxygen atoms in total. The molecule has 0 saturated carbocycles. The second kappa shape index (κ2) is 6.98. The molecule has 1 saturated heterocycles. The van der Waals surface area contributed by atoms with Crippen molar-refractivity contribution in [1.29, 1.82) is 0 Å². The summed E-state index contributed by atoms with van der Waals surface area (Å²) in [6.07, 6.45) is 1.82. The maximum atomic E-state index is 12.8. The van der Waals surface area contributed by atoms with Gasteiger partial charge in [-0.25, -0.2) is 0 Å². The molecule has 1 N–H and O–H groups in total. The molecule has 1 aliphatic rings. The van der Waals surface area contributed by atoms with Gasteiger partial charge in [0, 0.05) is 43.9 Å². The zero-order valence-corrected chi connectivity index (χ0v) is 13.4. The average molecular weight is 316 g/mol. The highest BCUT2D eigenvalue weighted by molar-refractivity contribution is 7.99. The van der Waals surface area contributed by atoms with Crippen LogP contribution in [0.25, 0.3) is 0 Å². The molecule has 2 aromatic rings. The van der Waals surface area contributed by atoms with Crippen LogP contribution in [-0.2, 0) is 11.8 Å². The summed E-state index contributed by atoms with van der Waals surface area (Å²) in [6.45, 7) is 1.86. The molecular formula is C16H20N4OS. The zero-order valence-electron chi connectivity index (χ0n) is 12.6. The van der Waals surface area contributed by atoms with Crippen LogP contribution < -0.4 is 5.32 Å². The number of benzene rings is 1. The molecule has 1 aromatic heterocycles. The molecular weight excluding hydrogens is 296 g/mol. The molecule has 1 unspecified atom stereocenters. The van der Waals surface area contributed by atoms with Gasteiger partial charge in [-0.15, -0.1) is 0 Å². The third kappa shape index (κ3) is 3.51. The molecule has 3 rings (SSSR count). The lowest BCUT2D eigenvalue weighted by Gasteiger charge is -2.33. The first kappa shape index (κ1) is 15.1. The largest absolute Gasteiger partial charge is 0.308 e. The van der Waals surface area contributed by atoms with Crippen LogP contribution in [0.15, 0.2) is 42.6 Å². The van der Waals surface area contributed by atoms with E-state index >= 15 is 0 Å². The third-order valence-electron chi connectivity index (χ3n) is 3.74. The Balaban J connectivity index is 1.82. The number of rotatable bonds is 4. The van der Waals surface area contributed by atoms with Gasteiger partial charge >= 0.3 is 0 Å². The summed E-state index contributed by atoms with van der Waals surface area (Å²) < 4.78 is 1.69. The van der Waals surface area contributed by atoms with Gasteiger partial charge in [0.15, 0.2) is 5.82 Å². The van der Waals surface area contributed by atoms with E-state index in [2.05, 4.69) is 15.3 Å². The van der Waals surface area contributed by atoms with Gasteiger partial charge < -0.3 is 5.32 Å². The summed E-state index contributed by atoms with van der Waals surface area (Å²) in [5, 5.41) is 7.17. The number of aryl methyl sites for hydroxylation is 1. The van der Waals surface area contributed by atoms with Crippen molar-refractivity contribution in [1.82, 2.24) is 14.7 Å². The van der Waals surface area contributed by atoms with E-state index in [1.54, 1.807) is 4.68 Å². The van der Waals surface area contributed by atoms with Crippen molar-refractivity contribution >= 4 is 23.5 Å². The van der Waals surface area contributed by atoms with Gasteiger partial charge in [0.1, 0.15) is 6.04 Å². The topological polar surface area (TPSA) is 50.2 Å². The molecule has 22 heavy (non-hydrogen) atoms. The molecule has 0 bridgehead atoms. The van der Waals surface area contributed by atoms with Gasteiger partial charge in [-0.2, -0.15) is 16.9 Å². The minimum atomic E-state index is -0.260. The standard InChI is InChI=1S/C16H20N4OS/c1-19-8-7-14(18-19)17-16(21)15(13-5-3-2-4-6-13)20-9-11-22-12-10-20/h2-8,15H,9-12H2,1H3,(H,17,18,21). The van der Waals surface area contributed by atoms with E-state index in [4.69, 9.17) is 0 Å². The Hall–Kier alpha value is -1.79. The quantitative estimate of drug-likeness (QED) is 0.939. The number of hydrogen-bond acceptors (Lipinski definition) is 4. The molecule has 0 radical (unpaired) electrons. The molecule has 1 aromatic carbocycles. The van der Waals surface area contributed by atoms with E-state index in [1.165, 1.54) is 0 Å². The van der Waals surface area contributed by atoms with Crippen LogP contribution in [0.5, 0.6) is 0 Å². The zero-order chi connectivity index (χ0) is 15.4. The van der Waals surface area contributed by atoms with E-state index in [0.717, 1.165) is 30.2 Å². The summed E-state index contributed by atoms with van der Waals surface area (Å²) in [5.41, 5.74) is 1.03. The van der Waals surface area contributed by atoms with Crippen molar-refractivity contribution in [3.63, 3.8) is 0 Å². The van der Waals surface area contributed by atoms with Gasteiger partial charge in [-0.05, 0) is 5.56 Å². The van der Waals surface area contributed by atoms with E-state index in [-0.39, 0.29) is 11.9 Å². The fourth-order valence-electron chi connectivity index (χ4n) is 2.68. The van der Waals surface area contributed by atoms with Crippen molar-refractivity contribution in [2.24, 2.45) is 7.05 Å². The van der Waals surface area contributed by atoms with Crippen LogP contribution in [-0.4, -0.2) is 45.2 Å². The highest BCUT2D eigenvalue weighted by atomic mass is 32.2. The summed E-state index contributed by atoms with van der Waals surface area (Å²) >= 11 is 1.94. The van der Waals surface area contributed by atoms with E-state index in [9.17, 15) is 4.79 Å². The number of aromatic nitrogens is 2. The van der Waals surface area contributed by atoms with Crippen LogP contribution >= 0.6 is 11.8 Å². The van der Waals surface area contributed by atoms with E-state index < -0.39 is 0 Å². The summed E-state index contributed by atoms with van der Waals surface area (Å²) in [6, 6.07) is 11.5. The summed E-state index contributed by atoms with van der Waals surface area (Å²) in [4.78, 5) is 15.1. The Bertz CT molecular complexity index is 622. The first-order chi connectivity index (χ1) is 10.7. The Morgan fingerprint density at radius 2 is 1.95 bits per heavy atom. The number of nitrogens with zero attached hydrogens (tertiary/aromatic N) is 3. The number of thioether (sulfide) groups is 1. The molecule has 1 aliphatic heterocycles. The number of nitrogens with one attached hydrogen (secondary N) is 1. The normalized spacial score (nSPS) is 17.1. The summed E-state index contributed by atoms with van der Waals surface area (Å²) in [7, 11) is 1.84. The predicted octanol–water partition coefficient (Wildman–Crippen LogP) is 2.15. The van der Waals surface area contributed by atoms with Gasteiger partial charge in [-0.3, -0.25) is 14.4 Å². The van der Waals surface area contributed by atoms with Gasteiger partial charge in [0.25, 0.3) is 0 Å². The molecule has 1 atom stereocenters. The highest BCUT2D eigenvalue weighted by Crippen LogP contribution is 2.25. The first-order valence-electron chi connectivity index (χ1n) is 7.41. The minimum absolute atomic E-state index is 0.0169. The maximum Gasteiger partial charge on any atom is 0.247 e. The van der Waals surface area contributed by atoms with Gasteiger partial charge in [0.05, 0.1) is 0 Å². The molecule has 2 heterocycles. The molecule has 6 heteroatoms. The van der Waals surface area contributed by atoms with Gasteiger partial charge in [-0.1, -0.05) is 30.3 Å². The monoisotopic (exact) mass is 316 g/mol. The third-order valence-corrected chi connectivity index (χ3v) is 4.68. The van der Waals surface area contributed by atoms with Crippen LogP contribution in [0.4, 0.5) is 5.82 Å². The smallest absolute Gasteiger partial charge is 0.247 e. The molecule has 0 spiro atoms. The SMILES string of the molecule is Cn1ccc(NC(=O)C(c2ccccc2)N2CCSCC2)n1. The minimum Gasteiger partial charge on any atom is -0.308 e. The van der Waals surface area contributed by atoms with Crippen molar-refractivity contribution in [3.8, 4) is 0 Å². The maximum absolute atomic E-state index is 12.8. The van der Waals surface area contributed by atoms with Crippen LogP contribution in [0.2, 0.25) is 0 Å². The van der Waals surface area contributed by atoms with Crippen LogP contribution in [0, 0.1) is 0 Å². The second-order valence-corrected chi connectivity index (χ2v) is 6.55. The predicted molar refractivity (Wildman–Crippen MR) is 89.9 cm³/mol. The van der Waals surface area contributed by atoms with Crippen molar-refractivity contribution < 1.29 is 4.79 Å². The fraction of sp³-hybridized carbons (Fsp3) is 0.375. The molecule has 1 amide bonds. The fourth-order valence-corrected chi connectivity index (χ4v) is 3.61. The number of carbonyl (C=O) groups is 1. The lowest BCUT2D eigenvalue weighted by molar-refractivity contribution is -0.121. The van der Waals surface area contributed by atoms with Crippen molar-refractivity contribution in [2.75, 3.05) is 29.9 Å². The number of carbonyl (C=O) groups excluding carboxylic acids is 1. The Kier molecular flexibility index (Phi) is 4.80. The Morgan fingerprint density at radius 1 is 1.23 bits per heavy atom. The van der Waals surface area contributed by atoms with Crippen molar-refractivity contribution in [3.05, 3.63) is 48.2 Å². The number of amides is 1.